The van der Waals surface area contributed by atoms with Crippen molar-refractivity contribution in [1.82, 2.24) is 4.57 Å². The fraction of sp³-hybridized carbons (Fsp3) is 0.167. The molecule has 3 aromatic rings. The number of aromatic nitrogens is 1. The van der Waals surface area contributed by atoms with Crippen LogP contribution in [0.5, 0.6) is 5.75 Å². The lowest BCUT2D eigenvalue weighted by atomic mass is 9.83. The number of ether oxygens (including phenoxy) is 2. The summed E-state index contributed by atoms with van der Waals surface area (Å²) < 4.78 is 12.2. The van der Waals surface area contributed by atoms with E-state index in [1.54, 1.807) is 23.6 Å². The van der Waals surface area contributed by atoms with E-state index >= 15 is 0 Å². The van der Waals surface area contributed by atoms with Gasteiger partial charge >= 0.3 is 5.97 Å². The third-order valence-electron chi connectivity index (χ3n) is 5.58. The van der Waals surface area contributed by atoms with Gasteiger partial charge in [-0.1, -0.05) is 42.5 Å². The van der Waals surface area contributed by atoms with Gasteiger partial charge in [0, 0.05) is 11.8 Å². The summed E-state index contributed by atoms with van der Waals surface area (Å²) in [6, 6.07) is 17.1. The zero-order valence-electron chi connectivity index (χ0n) is 18.0. The lowest BCUT2D eigenvalue weighted by Gasteiger charge is -2.30. The fourth-order valence-electron chi connectivity index (χ4n) is 4.01. The minimum Gasteiger partial charge on any atom is -0.733 e. The highest BCUT2D eigenvalue weighted by atomic mass is 16.8. The maximum atomic E-state index is 13.8. The largest absolute Gasteiger partial charge is 0.733 e. The predicted octanol–water partition coefficient (Wildman–Crippen LogP) is 2.77. The number of pyridine rings is 1. The van der Waals surface area contributed by atoms with Crippen molar-refractivity contribution in [1.29, 1.82) is 0 Å². The Morgan fingerprint density at radius 1 is 1.21 bits per heavy atom. The Morgan fingerprint density at radius 2 is 1.94 bits per heavy atom. The molecule has 0 amide bonds. The maximum absolute atomic E-state index is 13.8. The normalized spacial score (nSPS) is 15.0. The Morgan fingerprint density at radius 3 is 2.61 bits per heavy atom. The summed E-state index contributed by atoms with van der Waals surface area (Å²) in [5.41, 5.74) is 7.71. The molecule has 1 aliphatic rings. The van der Waals surface area contributed by atoms with Crippen LogP contribution in [0.4, 0.5) is 5.69 Å². The van der Waals surface area contributed by atoms with Crippen LogP contribution in [-0.2, 0) is 16.1 Å². The van der Waals surface area contributed by atoms with E-state index in [0.29, 0.717) is 17.8 Å². The van der Waals surface area contributed by atoms with E-state index in [0.717, 1.165) is 5.56 Å². The number of carbonyl (C=O) groups excluding carboxylic acids is 1. The van der Waals surface area contributed by atoms with E-state index in [-0.39, 0.29) is 39.2 Å². The molecule has 0 aliphatic carbocycles. The third kappa shape index (κ3) is 4.07. The number of carbonyl (C=O) groups is 1. The highest BCUT2D eigenvalue weighted by Crippen LogP contribution is 2.42. The Bertz CT molecular complexity index is 1300. The van der Waals surface area contributed by atoms with Crippen LogP contribution in [0.15, 0.2) is 76.9 Å². The van der Waals surface area contributed by atoms with Gasteiger partial charge in [0.1, 0.15) is 11.3 Å². The van der Waals surface area contributed by atoms with E-state index in [1.807, 2.05) is 30.3 Å². The standard InChI is InChI=1S/C24H22N3O6/c1-14-11-18-20(23(28)26(14)13-15-7-4-3-5-8-15)19(21(22(25)33-18)24(29)32-2)16-9-6-10-17(12-16)27(30)31/h3-12,19,30H,13,25H2,1-2H3/q-1/t19-/m0/s1. The second-order valence-electron chi connectivity index (χ2n) is 7.61. The first-order valence-electron chi connectivity index (χ1n) is 10.1. The van der Waals surface area contributed by atoms with Gasteiger partial charge in [-0.25, -0.2) is 4.79 Å². The summed E-state index contributed by atoms with van der Waals surface area (Å²) in [5.74, 6) is -1.74. The third-order valence-corrected chi connectivity index (χ3v) is 5.58. The Labute approximate surface area is 189 Å². The number of hydrogen-bond donors (Lipinski definition) is 2. The Hall–Kier alpha value is -4.08. The number of anilines is 1. The van der Waals surface area contributed by atoms with Crippen molar-refractivity contribution in [2.24, 2.45) is 5.73 Å². The van der Waals surface area contributed by atoms with Crippen molar-refractivity contribution in [2.45, 2.75) is 19.4 Å². The summed E-state index contributed by atoms with van der Waals surface area (Å²) in [4.78, 5) is 26.4. The summed E-state index contributed by atoms with van der Waals surface area (Å²) >= 11 is 0. The topological polar surface area (TPSA) is 130 Å². The van der Waals surface area contributed by atoms with Gasteiger partial charge in [-0.05, 0) is 30.2 Å². The van der Waals surface area contributed by atoms with Crippen LogP contribution >= 0.6 is 0 Å². The quantitative estimate of drug-likeness (QED) is 0.450. The SMILES string of the molecule is COC(=O)C1=C(N)Oc2cc(C)n(Cc3ccccc3)c(=O)c2[C@@H]1c1cccc(N([O-])O)c1. The van der Waals surface area contributed by atoms with Crippen LogP contribution in [0.25, 0.3) is 0 Å². The minimum atomic E-state index is -0.976. The van der Waals surface area contributed by atoms with Gasteiger partial charge in [-0.2, -0.15) is 0 Å². The molecule has 170 valence electrons. The molecule has 0 spiro atoms. The molecule has 3 N–H and O–H groups in total. The average molecular weight is 448 g/mol. The van der Waals surface area contributed by atoms with Gasteiger partial charge in [-0.15, -0.1) is 0 Å². The number of fused-ring (bicyclic) bond motifs is 1. The number of aryl methyl sites for hydroxylation is 1. The highest BCUT2D eigenvalue weighted by Gasteiger charge is 2.38. The predicted molar refractivity (Wildman–Crippen MR) is 121 cm³/mol. The number of rotatable bonds is 5. The van der Waals surface area contributed by atoms with Crippen LogP contribution in [0.3, 0.4) is 0 Å². The molecule has 0 fully saturated rings. The van der Waals surface area contributed by atoms with Crippen molar-refractivity contribution < 1.29 is 19.5 Å². The van der Waals surface area contributed by atoms with Gasteiger partial charge < -0.3 is 30.2 Å². The highest BCUT2D eigenvalue weighted by molar-refractivity contribution is 5.92. The molecular weight excluding hydrogens is 426 g/mol. The summed E-state index contributed by atoms with van der Waals surface area (Å²) in [7, 11) is 1.20. The second kappa shape index (κ2) is 8.81. The summed E-state index contributed by atoms with van der Waals surface area (Å²) in [6.07, 6.45) is 0. The molecule has 1 aromatic heterocycles. The molecule has 0 radical (unpaired) electrons. The van der Waals surface area contributed by atoms with Gasteiger partial charge in [0.15, 0.2) is 0 Å². The molecule has 2 heterocycles. The number of benzene rings is 2. The number of nitrogens with zero attached hydrogens (tertiary/aromatic N) is 2. The van der Waals surface area contributed by atoms with Crippen LogP contribution in [-0.4, -0.2) is 22.9 Å². The second-order valence-corrected chi connectivity index (χ2v) is 7.61. The van der Waals surface area contributed by atoms with Crippen molar-refractivity contribution in [3.63, 3.8) is 0 Å². The van der Waals surface area contributed by atoms with Crippen LogP contribution in [0.2, 0.25) is 0 Å². The molecule has 0 bridgehead atoms. The fourth-order valence-corrected chi connectivity index (χ4v) is 4.01. The van der Waals surface area contributed by atoms with Gasteiger partial charge in [0.25, 0.3) is 5.56 Å². The zero-order valence-corrected chi connectivity index (χ0v) is 18.0. The van der Waals surface area contributed by atoms with Crippen LogP contribution in [0, 0.1) is 12.1 Å². The van der Waals surface area contributed by atoms with Crippen LogP contribution in [0.1, 0.15) is 28.3 Å². The number of esters is 1. The molecule has 9 nitrogen and oxygen atoms in total. The first kappa shape index (κ1) is 22.1. The monoisotopic (exact) mass is 448 g/mol. The molecule has 2 aromatic carbocycles. The molecule has 1 atom stereocenters. The lowest BCUT2D eigenvalue weighted by molar-refractivity contribution is -0.136. The molecule has 0 saturated heterocycles. The van der Waals surface area contributed by atoms with Crippen molar-refractivity contribution in [3.8, 4) is 5.75 Å². The smallest absolute Gasteiger partial charge is 0.340 e. The molecule has 33 heavy (non-hydrogen) atoms. The van der Waals surface area contributed by atoms with Gasteiger partial charge in [0.2, 0.25) is 5.88 Å². The van der Waals surface area contributed by atoms with Crippen LogP contribution < -0.4 is 21.3 Å². The zero-order chi connectivity index (χ0) is 23.7. The van der Waals surface area contributed by atoms with E-state index in [4.69, 9.17) is 15.2 Å². The van der Waals surface area contributed by atoms with Crippen molar-refractivity contribution >= 4 is 11.7 Å². The van der Waals surface area contributed by atoms with E-state index in [9.17, 15) is 20.0 Å². The lowest BCUT2D eigenvalue weighted by Crippen LogP contribution is -2.35. The first-order valence-corrected chi connectivity index (χ1v) is 10.1. The van der Waals surface area contributed by atoms with E-state index in [2.05, 4.69) is 0 Å². The number of methoxy groups -OCH3 is 1. The molecule has 1 aliphatic heterocycles. The Kier molecular flexibility index (Phi) is 5.91. The maximum Gasteiger partial charge on any atom is 0.340 e. The van der Waals surface area contributed by atoms with Gasteiger partial charge in [0.05, 0.1) is 30.8 Å². The van der Waals surface area contributed by atoms with Crippen molar-refractivity contribution in [3.05, 3.63) is 110 Å². The average Bonchev–Trinajstić information content (AvgIpc) is 2.81. The summed E-state index contributed by atoms with van der Waals surface area (Å²) in [5, 5.41) is 20.6. The molecular formula is C24H22N3O6-. The van der Waals surface area contributed by atoms with Gasteiger partial charge in [-0.3, -0.25) is 10.0 Å². The minimum absolute atomic E-state index is 0.0650. The number of hydrogen-bond acceptors (Lipinski definition) is 8. The first-order chi connectivity index (χ1) is 15.8. The molecule has 4 rings (SSSR count). The number of nitrogens with two attached hydrogens (primary N) is 1. The van der Waals surface area contributed by atoms with Crippen molar-refractivity contribution in [2.75, 3.05) is 12.3 Å². The van der Waals surface area contributed by atoms with E-state index in [1.165, 1.54) is 25.3 Å². The Balaban J connectivity index is 1.96. The van der Waals surface area contributed by atoms with E-state index < -0.39 is 11.9 Å². The molecule has 0 saturated carbocycles. The summed E-state index contributed by atoms with van der Waals surface area (Å²) in [6.45, 7) is 2.09. The molecule has 0 unspecified atom stereocenters. The molecule has 9 heteroatoms.